The van der Waals surface area contributed by atoms with Gasteiger partial charge < -0.3 is 0 Å². The second-order valence-electron chi connectivity index (χ2n) is 5.65. The number of nitriles is 1. The van der Waals surface area contributed by atoms with Crippen LogP contribution in [-0.4, -0.2) is 34.5 Å². The summed E-state index contributed by atoms with van der Waals surface area (Å²) in [6.07, 6.45) is 0. The summed E-state index contributed by atoms with van der Waals surface area (Å²) < 4.78 is 28.2. The van der Waals surface area contributed by atoms with E-state index in [1.54, 1.807) is 12.1 Å². The Morgan fingerprint density at radius 3 is 2.48 bits per heavy atom. The smallest absolute Gasteiger partial charge is 0.218 e. The number of benzene rings is 1. The number of anilines is 1. The van der Waals surface area contributed by atoms with Gasteiger partial charge in [-0.05, 0) is 39.0 Å². The number of fused-ring (bicyclic) bond motifs is 1. The van der Waals surface area contributed by atoms with Crippen LogP contribution in [0.25, 0.3) is 5.78 Å². The van der Waals surface area contributed by atoms with Crippen LogP contribution in [-0.2, 0) is 10.0 Å². The fourth-order valence-corrected chi connectivity index (χ4v) is 3.68. The molecule has 0 unspecified atom stereocenters. The Balaban J connectivity index is 2.14. The van der Waals surface area contributed by atoms with Crippen molar-refractivity contribution >= 4 is 21.7 Å². The number of aryl methyl sites for hydroxylation is 3. The van der Waals surface area contributed by atoms with Gasteiger partial charge in [0.1, 0.15) is 6.54 Å². The lowest BCUT2D eigenvalue weighted by atomic mass is 10.2. The van der Waals surface area contributed by atoms with Crippen LogP contribution in [0, 0.1) is 32.1 Å². The summed E-state index contributed by atoms with van der Waals surface area (Å²) >= 11 is 0. The van der Waals surface area contributed by atoms with E-state index in [0.29, 0.717) is 0 Å². The van der Waals surface area contributed by atoms with Gasteiger partial charge in [-0.3, -0.25) is 0 Å². The lowest BCUT2D eigenvalue weighted by Gasteiger charge is -2.17. The highest BCUT2D eigenvalue weighted by Gasteiger charge is 2.28. The van der Waals surface area contributed by atoms with Crippen LogP contribution in [0.5, 0.6) is 0 Å². The Hall–Kier alpha value is -2.99. The minimum atomic E-state index is -3.96. The molecule has 0 saturated heterocycles. The molecule has 2 heterocycles. The molecule has 0 atom stereocenters. The molecule has 0 N–H and O–H groups in total. The van der Waals surface area contributed by atoms with Crippen molar-refractivity contribution in [2.24, 2.45) is 0 Å². The highest BCUT2D eigenvalue weighted by atomic mass is 32.2. The van der Waals surface area contributed by atoms with Gasteiger partial charge in [0.15, 0.2) is 0 Å². The third kappa shape index (κ3) is 3.04. The van der Waals surface area contributed by atoms with Gasteiger partial charge in [0.2, 0.25) is 0 Å². The molecule has 0 radical (unpaired) electrons. The first-order chi connectivity index (χ1) is 11.8. The summed E-state index contributed by atoms with van der Waals surface area (Å²) in [5.41, 5.74) is 2.45. The van der Waals surface area contributed by atoms with Crippen LogP contribution >= 0.6 is 0 Å². The molecule has 0 aliphatic rings. The Morgan fingerprint density at radius 2 is 1.84 bits per heavy atom. The highest BCUT2D eigenvalue weighted by Crippen LogP contribution is 2.21. The average molecular weight is 356 g/mol. The molecule has 8 nitrogen and oxygen atoms in total. The standard InChI is InChI=1S/C16H16N6O2S/c1-11-4-6-14(7-5-11)25(23,24)21(9-8-17)16-19-15-18-12(2)10-13(3)22(15)20-16/h4-7,10H,9H2,1-3H3. The fourth-order valence-electron chi connectivity index (χ4n) is 2.43. The van der Waals surface area contributed by atoms with Crippen LogP contribution in [0.1, 0.15) is 17.0 Å². The van der Waals surface area contributed by atoms with Gasteiger partial charge in [-0.15, -0.1) is 5.10 Å². The van der Waals surface area contributed by atoms with Crippen LogP contribution in [0.4, 0.5) is 5.95 Å². The molecule has 0 amide bonds. The van der Waals surface area contributed by atoms with Crippen molar-refractivity contribution in [2.75, 3.05) is 10.8 Å². The molecule has 0 aliphatic carbocycles. The zero-order chi connectivity index (χ0) is 18.2. The number of sulfonamides is 1. The number of rotatable bonds is 4. The van der Waals surface area contributed by atoms with Crippen molar-refractivity contribution in [1.82, 2.24) is 19.6 Å². The van der Waals surface area contributed by atoms with Crippen LogP contribution < -0.4 is 4.31 Å². The van der Waals surface area contributed by atoms with E-state index in [-0.39, 0.29) is 16.6 Å². The number of aromatic nitrogens is 4. The van der Waals surface area contributed by atoms with Crippen LogP contribution in [0.15, 0.2) is 35.2 Å². The number of nitrogens with zero attached hydrogens (tertiary/aromatic N) is 6. The van der Waals surface area contributed by atoms with Gasteiger partial charge in [0.05, 0.1) is 11.0 Å². The zero-order valence-corrected chi connectivity index (χ0v) is 14.8. The van der Waals surface area contributed by atoms with Crippen molar-refractivity contribution in [3.63, 3.8) is 0 Å². The van der Waals surface area contributed by atoms with E-state index in [1.807, 2.05) is 32.9 Å². The van der Waals surface area contributed by atoms with Crippen molar-refractivity contribution in [3.05, 3.63) is 47.3 Å². The molecule has 0 bridgehead atoms. The summed E-state index contributed by atoms with van der Waals surface area (Å²) in [6.45, 7) is 5.11. The molecule has 0 aliphatic heterocycles. The van der Waals surface area contributed by atoms with Crippen molar-refractivity contribution < 1.29 is 8.42 Å². The molecule has 0 saturated carbocycles. The predicted octanol–water partition coefficient (Wildman–Crippen LogP) is 1.77. The maximum atomic E-state index is 12.9. The second kappa shape index (κ2) is 6.14. The first kappa shape index (κ1) is 16.9. The fraction of sp³-hybridized carbons (Fsp3) is 0.250. The third-order valence-corrected chi connectivity index (χ3v) is 5.39. The number of hydrogen-bond acceptors (Lipinski definition) is 6. The van der Waals surface area contributed by atoms with Crippen LogP contribution in [0.3, 0.4) is 0 Å². The average Bonchev–Trinajstić information content (AvgIpc) is 2.96. The van der Waals surface area contributed by atoms with E-state index in [2.05, 4.69) is 15.1 Å². The molecular weight excluding hydrogens is 340 g/mol. The van der Waals surface area contributed by atoms with E-state index in [0.717, 1.165) is 21.3 Å². The second-order valence-corrected chi connectivity index (χ2v) is 7.51. The molecule has 25 heavy (non-hydrogen) atoms. The van der Waals surface area contributed by atoms with E-state index in [4.69, 9.17) is 5.26 Å². The monoisotopic (exact) mass is 356 g/mol. The summed E-state index contributed by atoms with van der Waals surface area (Å²) in [5, 5.41) is 13.3. The van der Waals surface area contributed by atoms with Gasteiger partial charge in [-0.2, -0.15) is 14.8 Å². The van der Waals surface area contributed by atoms with Crippen molar-refractivity contribution in [2.45, 2.75) is 25.7 Å². The lowest BCUT2D eigenvalue weighted by molar-refractivity contribution is 0.592. The van der Waals surface area contributed by atoms with Crippen molar-refractivity contribution in [1.29, 1.82) is 5.26 Å². The van der Waals surface area contributed by atoms with E-state index in [9.17, 15) is 8.42 Å². The van der Waals surface area contributed by atoms with Gasteiger partial charge >= 0.3 is 0 Å². The first-order valence-corrected chi connectivity index (χ1v) is 8.94. The van der Waals surface area contributed by atoms with E-state index in [1.165, 1.54) is 16.6 Å². The molecule has 3 rings (SSSR count). The summed E-state index contributed by atoms with van der Waals surface area (Å²) in [7, 11) is -3.96. The Labute approximate surface area is 145 Å². The maximum absolute atomic E-state index is 12.9. The van der Waals surface area contributed by atoms with Gasteiger partial charge in [0.25, 0.3) is 21.7 Å². The van der Waals surface area contributed by atoms with Crippen LogP contribution in [0.2, 0.25) is 0 Å². The molecule has 9 heteroatoms. The Bertz CT molecular complexity index is 1080. The Kier molecular flexibility index (Phi) is 4.14. The third-order valence-electron chi connectivity index (χ3n) is 3.65. The topological polar surface area (TPSA) is 104 Å². The SMILES string of the molecule is Cc1ccc(S(=O)(=O)N(CC#N)c2nc3nc(C)cc(C)n3n2)cc1. The lowest BCUT2D eigenvalue weighted by Crippen LogP contribution is -2.32. The Morgan fingerprint density at radius 1 is 1.16 bits per heavy atom. The quantitative estimate of drug-likeness (QED) is 0.660. The largest absolute Gasteiger partial charge is 0.267 e. The van der Waals surface area contributed by atoms with Gasteiger partial charge in [-0.1, -0.05) is 17.7 Å². The molecule has 3 aromatic rings. The van der Waals surface area contributed by atoms with Gasteiger partial charge in [-0.25, -0.2) is 17.7 Å². The molecule has 128 valence electrons. The highest BCUT2D eigenvalue weighted by molar-refractivity contribution is 7.92. The summed E-state index contributed by atoms with van der Waals surface area (Å²) in [5.74, 6) is 0.206. The summed E-state index contributed by atoms with van der Waals surface area (Å²) in [6, 6.07) is 10.1. The molecule has 1 aromatic carbocycles. The molecule has 0 fully saturated rings. The molecule has 0 spiro atoms. The first-order valence-electron chi connectivity index (χ1n) is 7.50. The predicted molar refractivity (Wildman–Crippen MR) is 91.6 cm³/mol. The van der Waals surface area contributed by atoms with E-state index >= 15 is 0 Å². The van der Waals surface area contributed by atoms with Gasteiger partial charge in [0, 0.05) is 11.4 Å². The summed E-state index contributed by atoms with van der Waals surface area (Å²) in [4.78, 5) is 8.53. The minimum absolute atomic E-state index is 0.0769. The molecule has 2 aromatic heterocycles. The molecular formula is C16H16N6O2S. The van der Waals surface area contributed by atoms with E-state index < -0.39 is 16.6 Å². The minimum Gasteiger partial charge on any atom is -0.218 e. The number of hydrogen-bond donors (Lipinski definition) is 0. The zero-order valence-electron chi connectivity index (χ0n) is 14.0. The maximum Gasteiger partial charge on any atom is 0.267 e. The normalized spacial score (nSPS) is 11.4. The van der Waals surface area contributed by atoms with Crippen molar-refractivity contribution in [3.8, 4) is 6.07 Å².